The van der Waals surface area contributed by atoms with Gasteiger partial charge in [-0.3, -0.25) is 9.80 Å². The molecule has 2 atom stereocenters. The summed E-state index contributed by atoms with van der Waals surface area (Å²) in [7, 11) is 0. The minimum atomic E-state index is 0.486. The number of nitrogens with zero attached hydrogens (tertiary/aromatic N) is 2. The highest BCUT2D eigenvalue weighted by atomic mass is 16.3. The molecule has 0 radical (unpaired) electrons. The van der Waals surface area contributed by atoms with Crippen LogP contribution in [0.15, 0.2) is 18.2 Å². The van der Waals surface area contributed by atoms with Gasteiger partial charge in [0, 0.05) is 31.7 Å². The number of fused-ring (bicyclic) bond motifs is 1. The van der Waals surface area contributed by atoms with Crippen LogP contribution in [0.3, 0.4) is 0 Å². The number of hydrogen-bond donors (Lipinski definition) is 1. The van der Waals surface area contributed by atoms with Gasteiger partial charge in [0.25, 0.3) is 0 Å². The number of piperazine rings is 1. The summed E-state index contributed by atoms with van der Waals surface area (Å²) in [6, 6.07) is 7.16. The molecule has 19 heavy (non-hydrogen) atoms. The molecule has 1 fully saturated rings. The lowest BCUT2D eigenvalue weighted by molar-refractivity contribution is 0.0587. The molecule has 3 heteroatoms. The van der Waals surface area contributed by atoms with Crippen LogP contribution in [0.5, 0.6) is 5.75 Å². The van der Waals surface area contributed by atoms with Crippen LogP contribution in [0.1, 0.15) is 37.4 Å². The third-order valence-corrected chi connectivity index (χ3v) is 4.86. The monoisotopic (exact) mass is 260 g/mol. The summed E-state index contributed by atoms with van der Waals surface area (Å²) < 4.78 is 0. The minimum Gasteiger partial charge on any atom is -0.508 e. The maximum Gasteiger partial charge on any atom is 0.119 e. The molecule has 3 rings (SSSR count). The SMILES string of the molecule is CCN1CCN(C2CCc3c(O)cccc32)CC1C. The van der Waals surface area contributed by atoms with Crippen molar-refractivity contribution in [3.8, 4) is 5.75 Å². The summed E-state index contributed by atoms with van der Waals surface area (Å²) in [4.78, 5) is 5.16. The van der Waals surface area contributed by atoms with Gasteiger partial charge >= 0.3 is 0 Å². The molecular formula is C16H24N2O. The molecule has 1 N–H and O–H groups in total. The Kier molecular flexibility index (Phi) is 3.50. The average molecular weight is 260 g/mol. The largest absolute Gasteiger partial charge is 0.508 e. The first-order chi connectivity index (χ1) is 9.20. The van der Waals surface area contributed by atoms with Gasteiger partial charge in [-0.15, -0.1) is 0 Å². The molecule has 104 valence electrons. The van der Waals surface area contributed by atoms with Crippen LogP contribution in [0, 0.1) is 0 Å². The van der Waals surface area contributed by atoms with E-state index in [2.05, 4.69) is 29.7 Å². The second-order valence-corrected chi connectivity index (χ2v) is 5.87. The summed E-state index contributed by atoms with van der Waals surface area (Å²) in [5.74, 6) is 0.486. The lowest BCUT2D eigenvalue weighted by atomic mass is 10.0. The quantitative estimate of drug-likeness (QED) is 0.884. The highest BCUT2D eigenvalue weighted by molar-refractivity contribution is 5.44. The first-order valence-corrected chi connectivity index (χ1v) is 7.49. The number of hydrogen-bond acceptors (Lipinski definition) is 3. The van der Waals surface area contributed by atoms with Crippen LogP contribution in [-0.2, 0) is 6.42 Å². The predicted octanol–water partition coefficient (Wildman–Crippen LogP) is 2.41. The zero-order valence-electron chi connectivity index (χ0n) is 12.0. The molecule has 1 aliphatic carbocycles. The molecule has 0 bridgehead atoms. The first kappa shape index (κ1) is 12.9. The molecule has 1 aromatic rings. The van der Waals surface area contributed by atoms with Crippen LogP contribution in [0.25, 0.3) is 0 Å². The van der Waals surface area contributed by atoms with E-state index in [9.17, 15) is 5.11 Å². The maximum atomic E-state index is 9.95. The van der Waals surface area contributed by atoms with Crippen LogP contribution < -0.4 is 0 Å². The Labute approximate surface area is 115 Å². The zero-order valence-corrected chi connectivity index (χ0v) is 12.0. The summed E-state index contributed by atoms with van der Waals surface area (Å²) in [5.41, 5.74) is 2.54. The molecule has 1 aliphatic heterocycles. The van der Waals surface area contributed by atoms with E-state index in [0.29, 0.717) is 17.8 Å². The fraction of sp³-hybridized carbons (Fsp3) is 0.625. The van der Waals surface area contributed by atoms with Crippen LogP contribution in [-0.4, -0.2) is 47.1 Å². The van der Waals surface area contributed by atoms with Crippen molar-refractivity contribution < 1.29 is 5.11 Å². The molecular weight excluding hydrogens is 236 g/mol. The summed E-state index contributed by atoms with van der Waals surface area (Å²) in [5, 5.41) is 9.95. The van der Waals surface area contributed by atoms with Crippen LogP contribution >= 0.6 is 0 Å². The Hall–Kier alpha value is -1.06. The second kappa shape index (κ2) is 5.14. The Morgan fingerprint density at radius 1 is 1.32 bits per heavy atom. The highest BCUT2D eigenvalue weighted by Gasteiger charge is 2.33. The smallest absolute Gasteiger partial charge is 0.119 e. The molecule has 0 amide bonds. The number of rotatable bonds is 2. The van der Waals surface area contributed by atoms with E-state index in [1.165, 1.54) is 17.7 Å². The van der Waals surface area contributed by atoms with Gasteiger partial charge in [0.05, 0.1) is 0 Å². The molecule has 0 saturated carbocycles. The average Bonchev–Trinajstić information content (AvgIpc) is 2.84. The summed E-state index contributed by atoms with van der Waals surface area (Å²) in [6.07, 6.45) is 2.18. The van der Waals surface area contributed by atoms with E-state index in [0.717, 1.165) is 32.5 Å². The first-order valence-electron chi connectivity index (χ1n) is 7.49. The molecule has 1 heterocycles. The van der Waals surface area contributed by atoms with Crippen molar-refractivity contribution in [1.82, 2.24) is 9.80 Å². The van der Waals surface area contributed by atoms with Gasteiger partial charge in [0.1, 0.15) is 5.75 Å². The third-order valence-electron chi connectivity index (χ3n) is 4.86. The van der Waals surface area contributed by atoms with Crippen LogP contribution in [0.4, 0.5) is 0 Å². The van der Waals surface area contributed by atoms with E-state index in [1.807, 2.05) is 12.1 Å². The van der Waals surface area contributed by atoms with Crippen molar-refractivity contribution in [1.29, 1.82) is 0 Å². The summed E-state index contributed by atoms with van der Waals surface area (Å²) >= 11 is 0. The Balaban J connectivity index is 1.78. The standard InChI is InChI=1S/C16H24N2O/c1-3-17-9-10-18(11-12(17)2)15-8-7-14-13(15)5-4-6-16(14)19/h4-6,12,15,19H,3,7-11H2,1-2H3. The molecule has 1 saturated heterocycles. The lowest BCUT2D eigenvalue weighted by Gasteiger charge is -2.42. The van der Waals surface area contributed by atoms with Crippen molar-refractivity contribution in [2.45, 2.75) is 38.8 Å². The van der Waals surface area contributed by atoms with Crippen molar-refractivity contribution in [2.75, 3.05) is 26.2 Å². The number of phenols is 1. The van der Waals surface area contributed by atoms with E-state index in [1.54, 1.807) is 0 Å². The summed E-state index contributed by atoms with van der Waals surface area (Å²) in [6.45, 7) is 9.19. The topological polar surface area (TPSA) is 26.7 Å². The molecule has 2 unspecified atom stereocenters. The van der Waals surface area contributed by atoms with Crippen molar-refractivity contribution >= 4 is 0 Å². The fourth-order valence-electron chi connectivity index (χ4n) is 3.77. The predicted molar refractivity (Wildman–Crippen MR) is 77.5 cm³/mol. The fourth-order valence-corrected chi connectivity index (χ4v) is 3.77. The molecule has 3 nitrogen and oxygen atoms in total. The van der Waals surface area contributed by atoms with Crippen molar-refractivity contribution in [2.24, 2.45) is 0 Å². The van der Waals surface area contributed by atoms with Gasteiger partial charge in [-0.1, -0.05) is 19.1 Å². The van der Waals surface area contributed by atoms with Gasteiger partial charge in [-0.2, -0.15) is 0 Å². The normalized spacial score (nSPS) is 28.5. The van der Waals surface area contributed by atoms with Gasteiger partial charge in [0.2, 0.25) is 0 Å². The van der Waals surface area contributed by atoms with E-state index >= 15 is 0 Å². The van der Waals surface area contributed by atoms with Crippen LogP contribution in [0.2, 0.25) is 0 Å². The maximum absolute atomic E-state index is 9.95. The highest BCUT2D eigenvalue weighted by Crippen LogP contribution is 2.40. The Bertz CT molecular complexity index is 460. The van der Waals surface area contributed by atoms with E-state index in [-0.39, 0.29) is 0 Å². The van der Waals surface area contributed by atoms with E-state index in [4.69, 9.17) is 0 Å². The molecule has 0 spiro atoms. The van der Waals surface area contributed by atoms with E-state index < -0.39 is 0 Å². The second-order valence-electron chi connectivity index (χ2n) is 5.87. The number of phenolic OH excluding ortho intramolecular Hbond substituents is 1. The van der Waals surface area contributed by atoms with Crippen molar-refractivity contribution in [3.63, 3.8) is 0 Å². The molecule has 0 aromatic heterocycles. The van der Waals surface area contributed by atoms with Gasteiger partial charge in [-0.05, 0) is 43.5 Å². The van der Waals surface area contributed by atoms with Gasteiger partial charge < -0.3 is 5.11 Å². The van der Waals surface area contributed by atoms with Gasteiger partial charge in [-0.25, -0.2) is 0 Å². The Morgan fingerprint density at radius 3 is 2.89 bits per heavy atom. The van der Waals surface area contributed by atoms with Gasteiger partial charge in [0.15, 0.2) is 0 Å². The zero-order chi connectivity index (χ0) is 13.4. The lowest BCUT2D eigenvalue weighted by Crippen LogP contribution is -2.52. The third kappa shape index (κ3) is 2.26. The minimum absolute atomic E-state index is 0.486. The number of likely N-dealkylation sites (N-methyl/N-ethyl adjacent to an activating group) is 1. The number of aromatic hydroxyl groups is 1. The molecule has 1 aromatic carbocycles. The van der Waals surface area contributed by atoms with Crippen molar-refractivity contribution in [3.05, 3.63) is 29.3 Å². The Morgan fingerprint density at radius 2 is 2.16 bits per heavy atom. The molecule has 2 aliphatic rings. The number of benzene rings is 1.